The molecule has 3 rings (SSSR count). The molecular weight excluding hydrogens is 291 g/mol. The van der Waals surface area contributed by atoms with E-state index in [1.54, 1.807) is 26.4 Å². The lowest BCUT2D eigenvalue weighted by molar-refractivity contribution is 0.355. The van der Waals surface area contributed by atoms with Crippen LogP contribution in [0.2, 0.25) is 0 Å². The van der Waals surface area contributed by atoms with E-state index in [2.05, 4.69) is 0 Å². The minimum Gasteiger partial charge on any atom is -0.493 e. The van der Waals surface area contributed by atoms with E-state index in [1.807, 2.05) is 42.5 Å². The molecule has 0 spiro atoms. The van der Waals surface area contributed by atoms with E-state index in [-0.39, 0.29) is 5.82 Å². The maximum absolute atomic E-state index is 13.0. The fourth-order valence-corrected chi connectivity index (χ4v) is 2.51. The summed E-state index contributed by atoms with van der Waals surface area (Å²) < 4.78 is 23.6. The first-order valence-corrected chi connectivity index (χ1v) is 7.29. The number of hydrogen-bond donors (Lipinski definition) is 0. The highest BCUT2D eigenvalue weighted by atomic mass is 19.1. The lowest BCUT2D eigenvalue weighted by Gasteiger charge is -2.10. The minimum atomic E-state index is -0.226. The molecule has 3 aromatic rings. The van der Waals surface area contributed by atoms with Gasteiger partial charge in [0.15, 0.2) is 11.5 Å². The molecule has 0 saturated heterocycles. The van der Waals surface area contributed by atoms with Gasteiger partial charge in [0, 0.05) is 0 Å². The van der Waals surface area contributed by atoms with Gasteiger partial charge in [0.2, 0.25) is 0 Å². The fraction of sp³-hybridized carbons (Fsp3) is 0.100. The third-order valence-electron chi connectivity index (χ3n) is 3.78. The summed E-state index contributed by atoms with van der Waals surface area (Å²) >= 11 is 0. The predicted octanol–water partition coefficient (Wildman–Crippen LogP) is 5.18. The molecule has 0 amide bonds. The van der Waals surface area contributed by atoms with Crippen molar-refractivity contribution in [1.29, 1.82) is 0 Å². The zero-order valence-electron chi connectivity index (χ0n) is 13.0. The molecule has 116 valence electrons. The molecule has 0 radical (unpaired) electrons. The Morgan fingerprint density at radius 1 is 0.565 bits per heavy atom. The van der Waals surface area contributed by atoms with Gasteiger partial charge in [-0.15, -0.1) is 0 Å². The molecule has 0 aliphatic rings. The van der Waals surface area contributed by atoms with Crippen LogP contribution >= 0.6 is 0 Å². The van der Waals surface area contributed by atoms with E-state index in [9.17, 15) is 4.39 Å². The molecule has 0 heterocycles. The summed E-state index contributed by atoms with van der Waals surface area (Å²) in [5.41, 5.74) is 4.17. The molecular formula is C20H17FO2. The van der Waals surface area contributed by atoms with Gasteiger partial charge in [0.05, 0.1) is 14.2 Å². The molecule has 0 fully saturated rings. The van der Waals surface area contributed by atoms with Gasteiger partial charge in [-0.05, 0) is 46.5 Å². The second kappa shape index (κ2) is 6.53. The van der Waals surface area contributed by atoms with Crippen molar-refractivity contribution >= 4 is 0 Å². The summed E-state index contributed by atoms with van der Waals surface area (Å²) in [6.07, 6.45) is 0. The van der Waals surface area contributed by atoms with Crippen LogP contribution in [-0.2, 0) is 0 Å². The number of hydrogen-bond acceptors (Lipinski definition) is 2. The van der Waals surface area contributed by atoms with Crippen molar-refractivity contribution in [2.45, 2.75) is 0 Å². The molecule has 0 saturated carbocycles. The highest BCUT2D eigenvalue weighted by molar-refractivity contribution is 5.72. The number of methoxy groups -OCH3 is 2. The lowest BCUT2D eigenvalue weighted by Crippen LogP contribution is -1.90. The first-order valence-electron chi connectivity index (χ1n) is 7.29. The summed E-state index contributed by atoms with van der Waals surface area (Å²) in [5.74, 6) is 1.18. The van der Waals surface area contributed by atoms with Crippen LogP contribution in [0.5, 0.6) is 11.5 Å². The minimum absolute atomic E-state index is 0.226. The summed E-state index contributed by atoms with van der Waals surface area (Å²) in [6.45, 7) is 0. The molecule has 0 atom stereocenters. The van der Waals surface area contributed by atoms with Crippen molar-refractivity contribution < 1.29 is 13.9 Å². The normalized spacial score (nSPS) is 10.4. The molecule has 3 aromatic carbocycles. The number of ether oxygens (including phenoxy) is 2. The molecule has 0 aliphatic carbocycles. The van der Waals surface area contributed by atoms with Crippen LogP contribution in [0, 0.1) is 5.82 Å². The molecule has 23 heavy (non-hydrogen) atoms. The van der Waals surface area contributed by atoms with E-state index in [0.29, 0.717) is 11.5 Å². The highest BCUT2D eigenvalue weighted by Crippen LogP contribution is 2.33. The third kappa shape index (κ3) is 3.19. The smallest absolute Gasteiger partial charge is 0.161 e. The van der Waals surface area contributed by atoms with Crippen molar-refractivity contribution in [3.8, 4) is 33.8 Å². The Balaban J connectivity index is 1.91. The Bertz CT molecular complexity index is 793. The van der Waals surface area contributed by atoms with E-state index in [1.165, 1.54) is 12.1 Å². The molecule has 0 aliphatic heterocycles. The Morgan fingerprint density at radius 3 is 1.52 bits per heavy atom. The molecule has 0 unspecified atom stereocenters. The van der Waals surface area contributed by atoms with Crippen LogP contribution < -0.4 is 9.47 Å². The van der Waals surface area contributed by atoms with Crippen LogP contribution in [0.1, 0.15) is 0 Å². The van der Waals surface area contributed by atoms with Crippen LogP contribution in [-0.4, -0.2) is 14.2 Å². The molecule has 0 N–H and O–H groups in total. The van der Waals surface area contributed by atoms with E-state index < -0.39 is 0 Å². The van der Waals surface area contributed by atoms with Crippen molar-refractivity contribution in [2.24, 2.45) is 0 Å². The van der Waals surface area contributed by atoms with Crippen LogP contribution in [0.4, 0.5) is 4.39 Å². The van der Waals surface area contributed by atoms with Gasteiger partial charge in [-0.2, -0.15) is 0 Å². The van der Waals surface area contributed by atoms with E-state index >= 15 is 0 Å². The average Bonchev–Trinajstić information content (AvgIpc) is 2.62. The van der Waals surface area contributed by atoms with Crippen molar-refractivity contribution in [2.75, 3.05) is 14.2 Å². The first-order chi connectivity index (χ1) is 11.2. The Hall–Kier alpha value is -2.81. The molecule has 0 aromatic heterocycles. The second-order valence-corrected chi connectivity index (χ2v) is 5.15. The van der Waals surface area contributed by atoms with Gasteiger partial charge in [-0.3, -0.25) is 0 Å². The van der Waals surface area contributed by atoms with Crippen molar-refractivity contribution in [3.05, 3.63) is 72.5 Å². The van der Waals surface area contributed by atoms with E-state index in [4.69, 9.17) is 9.47 Å². The van der Waals surface area contributed by atoms with Gasteiger partial charge in [0.25, 0.3) is 0 Å². The fourth-order valence-electron chi connectivity index (χ4n) is 2.51. The van der Waals surface area contributed by atoms with Gasteiger partial charge >= 0.3 is 0 Å². The highest BCUT2D eigenvalue weighted by Gasteiger charge is 2.06. The third-order valence-corrected chi connectivity index (χ3v) is 3.78. The first kappa shape index (κ1) is 15.1. The zero-order chi connectivity index (χ0) is 16.2. The summed E-state index contributed by atoms with van der Waals surface area (Å²) in [5, 5.41) is 0. The summed E-state index contributed by atoms with van der Waals surface area (Å²) in [7, 11) is 3.24. The molecule has 3 heteroatoms. The zero-order valence-corrected chi connectivity index (χ0v) is 13.0. The molecule has 0 bridgehead atoms. The summed E-state index contributed by atoms with van der Waals surface area (Å²) in [4.78, 5) is 0. The van der Waals surface area contributed by atoms with Gasteiger partial charge in [-0.1, -0.05) is 42.5 Å². The SMILES string of the molecule is COc1ccc(-c2ccc(-c3ccc(F)cc3)cc2)cc1OC. The quantitative estimate of drug-likeness (QED) is 0.661. The van der Waals surface area contributed by atoms with Gasteiger partial charge < -0.3 is 9.47 Å². The van der Waals surface area contributed by atoms with Crippen molar-refractivity contribution in [1.82, 2.24) is 0 Å². The van der Waals surface area contributed by atoms with E-state index in [0.717, 1.165) is 22.3 Å². The van der Waals surface area contributed by atoms with Crippen LogP contribution in [0.25, 0.3) is 22.3 Å². The van der Waals surface area contributed by atoms with Gasteiger partial charge in [-0.25, -0.2) is 4.39 Å². The lowest BCUT2D eigenvalue weighted by atomic mass is 10.00. The predicted molar refractivity (Wildman–Crippen MR) is 90.4 cm³/mol. The van der Waals surface area contributed by atoms with Crippen LogP contribution in [0.3, 0.4) is 0 Å². The number of benzene rings is 3. The monoisotopic (exact) mass is 308 g/mol. The maximum atomic E-state index is 13.0. The summed E-state index contributed by atoms with van der Waals surface area (Å²) in [6, 6.07) is 20.5. The number of rotatable bonds is 4. The van der Waals surface area contributed by atoms with Gasteiger partial charge in [0.1, 0.15) is 5.82 Å². The van der Waals surface area contributed by atoms with Crippen molar-refractivity contribution in [3.63, 3.8) is 0 Å². The second-order valence-electron chi connectivity index (χ2n) is 5.15. The largest absolute Gasteiger partial charge is 0.493 e. The Kier molecular flexibility index (Phi) is 4.29. The average molecular weight is 308 g/mol. The Labute approximate surface area is 135 Å². The molecule has 2 nitrogen and oxygen atoms in total. The maximum Gasteiger partial charge on any atom is 0.161 e. The Morgan fingerprint density at radius 2 is 1.00 bits per heavy atom. The topological polar surface area (TPSA) is 18.5 Å². The number of halogens is 1. The van der Waals surface area contributed by atoms with Crippen LogP contribution in [0.15, 0.2) is 66.7 Å². The standard InChI is InChI=1S/C20H17FO2/c1-22-19-12-9-17(13-20(19)23-2)16-5-3-14(4-6-16)15-7-10-18(21)11-8-15/h3-13H,1-2H3.